The van der Waals surface area contributed by atoms with Crippen LogP contribution < -0.4 is 11.1 Å². The van der Waals surface area contributed by atoms with E-state index in [-0.39, 0.29) is 17.5 Å². The number of rotatable bonds is 6. The Bertz CT molecular complexity index is 1310. The molecule has 0 saturated carbocycles. The van der Waals surface area contributed by atoms with Gasteiger partial charge in [-0.15, -0.1) is 0 Å². The number of carbonyl (C=O) groups excluding carboxylic acids is 2. The summed E-state index contributed by atoms with van der Waals surface area (Å²) in [4.78, 5) is 34.5. The zero-order valence-electron chi connectivity index (χ0n) is 17.8. The average Bonchev–Trinajstić information content (AvgIpc) is 3.02. The van der Waals surface area contributed by atoms with Crippen molar-refractivity contribution in [2.24, 2.45) is 5.92 Å². The number of Topliss-reactive ketones (excluding diaryl/α,β-unsaturated/α-hetero) is 1. The number of nitrogens with zero attached hydrogens (tertiary/aromatic N) is 3. The maximum Gasteiger partial charge on any atom is 0.257 e. The molecule has 0 unspecified atom stereocenters. The van der Waals surface area contributed by atoms with E-state index in [4.69, 9.17) is 15.7 Å². The number of amides is 1. The molecule has 31 heavy (non-hydrogen) atoms. The lowest BCUT2D eigenvalue weighted by Crippen LogP contribution is -2.26. The molecule has 0 atom stereocenters. The molecule has 4 rings (SSSR count). The van der Waals surface area contributed by atoms with Gasteiger partial charge in [-0.05, 0) is 43.5 Å². The molecular formula is C24H25N5O2. The zero-order chi connectivity index (χ0) is 22.1. The van der Waals surface area contributed by atoms with Crippen molar-refractivity contribution in [3.63, 3.8) is 0 Å². The number of anilines is 1. The zero-order valence-corrected chi connectivity index (χ0v) is 17.8. The smallest absolute Gasteiger partial charge is 0.257 e. The van der Waals surface area contributed by atoms with Crippen molar-refractivity contribution >= 4 is 39.7 Å². The first-order chi connectivity index (χ1) is 14.9. The van der Waals surface area contributed by atoms with Crippen LogP contribution in [0.1, 0.15) is 47.9 Å². The summed E-state index contributed by atoms with van der Waals surface area (Å²) in [6.45, 7) is 6.26. The first kappa shape index (κ1) is 20.5. The molecule has 0 aliphatic carbocycles. The van der Waals surface area contributed by atoms with Crippen molar-refractivity contribution in [1.82, 2.24) is 19.9 Å². The average molecular weight is 415 g/mol. The number of aromatic nitrogens is 3. The molecule has 0 spiro atoms. The second-order valence-electron chi connectivity index (χ2n) is 8.03. The number of benzene rings is 2. The highest BCUT2D eigenvalue weighted by Crippen LogP contribution is 2.31. The van der Waals surface area contributed by atoms with Gasteiger partial charge in [-0.25, -0.2) is 9.97 Å². The Morgan fingerprint density at radius 3 is 2.45 bits per heavy atom. The minimum absolute atomic E-state index is 0.0555. The van der Waals surface area contributed by atoms with E-state index in [9.17, 15) is 9.59 Å². The number of para-hydroxylation sites is 2. The molecule has 2 aromatic carbocycles. The molecule has 7 heteroatoms. The SMILES string of the molecule is CC(=O)c1cccc(-n2c(N)c(C(=O)NCCC(C)C)c3nc4ccccc4nc32)c1. The number of hydrogen-bond donors (Lipinski definition) is 2. The maximum atomic E-state index is 13.1. The molecule has 0 aliphatic rings. The molecule has 0 radical (unpaired) electrons. The van der Waals surface area contributed by atoms with Crippen molar-refractivity contribution in [3.05, 3.63) is 59.7 Å². The van der Waals surface area contributed by atoms with Crippen molar-refractivity contribution in [1.29, 1.82) is 0 Å². The molecular weight excluding hydrogens is 390 g/mol. The summed E-state index contributed by atoms with van der Waals surface area (Å²) in [5.41, 5.74) is 10.3. The van der Waals surface area contributed by atoms with E-state index in [2.05, 4.69) is 19.2 Å². The van der Waals surface area contributed by atoms with Crippen molar-refractivity contribution in [3.8, 4) is 5.69 Å². The molecule has 0 fully saturated rings. The fourth-order valence-corrected chi connectivity index (χ4v) is 3.57. The van der Waals surface area contributed by atoms with Gasteiger partial charge in [0.05, 0.1) is 11.0 Å². The van der Waals surface area contributed by atoms with Crippen molar-refractivity contribution < 1.29 is 9.59 Å². The van der Waals surface area contributed by atoms with Crippen LogP contribution in [0.15, 0.2) is 48.5 Å². The fourth-order valence-electron chi connectivity index (χ4n) is 3.57. The number of ketones is 1. The van der Waals surface area contributed by atoms with Gasteiger partial charge in [-0.3, -0.25) is 14.2 Å². The van der Waals surface area contributed by atoms with Gasteiger partial charge in [0.25, 0.3) is 5.91 Å². The highest BCUT2D eigenvalue weighted by Gasteiger charge is 2.25. The molecule has 0 aliphatic heterocycles. The number of nitrogen functional groups attached to an aromatic ring is 1. The first-order valence-electron chi connectivity index (χ1n) is 10.3. The monoisotopic (exact) mass is 415 g/mol. The van der Waals surface area contributed by atoms with Gasteiger partial charge in [0.15, 0.2) is 11.4 Å². The van der Waals surface area contributed by atoms with Gasteiger partial charge in [0, 0.05) is 17.8 Å². The normalized spacial score (nSPS) is 11.4. The Morgan fingerprint density at radius 1 is 1.06 bits per heavy atom. The van der Waals surface area contributed by atoms with Gasteiger partial charge >= 0.3 is 0 Å². The molecule has 4 aromatic rings. The lowest BCUT2D eigenvalue weighted by molar-refractivity contribution is 0.0953. The standard InChI is InChI=1S/C24H25N5O2/c1-14(2)11-12-26-24(31)20-21-23(28-19-10-5-4-9-18(19)27-21)29(22(20)25)17-8-6-7-16(13-17)15(3)30/h4-10,13-14H,11-12,25H2,1-3H3,(H,26,31). The molecule has 7 nitrogen and oxygen atoms in total. The maximum absolute atomic E-state index is 13.1. The number of fused-ring (bicyclic) bond motifs is 2. The summed E-state index contributed by atoms with van der Waals surface area (Å²) >= 11 is 0. The molecule has 2 heterocycles. The Hall–Kier alpha value is -3.74. The lowest BCUT2D eigenvalue weighted by atomic mass is 10.1. The lowest BCUT2D eigenvalue weighted by Gasteiger charge is -2.10. The number of hydrogen-bond acceptors (Lipinski definition) is 5. The Morgan fingerprint density at radius 2 is 1.77 bits per heavy atom. The molecule has 2 aromatic heterocycles. The van der Waals surface area contributed by atoms with Crippen LogP contribution >= 0.6 is 0 Å². The van der Waals surface area contributed by atoms with Crippen LogP contribution in [0.4, 0.5) is 5.82 Å². The number of carbonyl (C=O) groups is 2. The minimum atomic E-state index is -0.283. The molecule has 3 N–H and O–H groups in total. The summed E-state index contributed by atoms with van der Waals surface area (Å²) in [6.07, 6.45) is 0.861. The third-order valence-electron chi connectivity index (χ3n) is 5.24. The van der Waals surface area contributed by atoms with Gasteiger partial charge < -0.3 is 11.1 Å². The van der Waals surface area contributed by atoms with E-state index in [0.717, 1.165) is 6.42 Å². The Balaban J connectivity index is 1.94. The van der Waals surface area contributed by atoms with E-state index in [1.807, 2.05) is 30.3 Å². The summed E-state index contributed by atoms with van der Waals surface area (Å²) in [6, 6.07) is 14.6. The van der Waals surface area contributed by atoms with Gasteiger partial charge in [0.1, 0.15) is 16.9 Å². The third kappa shape index (κ3) is 3.86. The van der Waals surface area contributed by atoms with Crippen LogP contribution in [0.5, 0.6) is 0 Å². The van der Waals surface area contributed by atoms with E-state index in [1.165, 1.54) is 6.92 Å². The summed E-state index contributed by atoms with van der Waals surface area (Å²) in [5.74, 6) is 0.374. The fraction of sp³-hybridized carbons (Fsp3) is 0.250. The Labute approximate surface area is 180 Å². The predicted octanol–water partition coefficient (Wildman–Crippen LogP) is 4.13. The van der Waals surface area contributed by atoms with E-state index in [1.54, 1.807) is 22.8 Å². The summed E-state index contributed by atoms with van der Waals surface area (Å²) in [7, 11) is 0. The molecule has 0 bridgehead atoms. The molecule has 1 amide bonds. The second-order valence-corrected chi connectivity index (χ2v) is 8.03. The van der Waals surface area contributed by atoms with Crippen LogP contribution in [0.25, 0.3) is 27.9 Å². The Kier molecular flexibility index (Phi) is 5.42. The van der Waals surface area contributed by atoms with Crippen LogP contribution in [0, 0.1) is 5.92 Å². The van der Waals surface area contributed by atoms with E-state index < -0.39 is 0 Å². The highest BCUT2D eigenvalue weighted by atomic mass is 16.1. The molecule has 0 saturated heterocycles. The number of nitrogens with one attached hydrogen (secondary N) is 1. The molecule has 158 valence electrons. The largest absolute Gasteiger partial charge is 0.384 e. The third-order valence-corrected chi connectivity index (χ3v) is 5.24. The van der Waals surface area contributed by atoms with Gasteiger partial charge in [0.2, 0.25) is 0 Å². The first-order valence-corrected chi connectivity index (χ1v) is 10.3. The summed E-state index contributed by atoms with van der Waals surface area (Å²) < 4.78 is 1.69. The van der Waals surface area contributed by atoms with E-state index >= 15 is 0 Å². The predicted molar refractivity (Wildman–Crippen MR) is 123 cm³/mol. The van der Waals surface area contributed by atoms with Crippen molar-refractivity contribution in [2.75, 3.05) is 12.3 Å². The van der Waals surface area contributed by atoms with Crippen LogP contribution in [-0.2, 0) is 0 Å². The number of nitrogens with two attached hydrogens (primary N) is 1. The summed E-state index contributed by atoms with van der Waals surface area (Å²) in [5, 5.41) is 2.95. The quantitative estimate of drug-likeness (QED) is 0.461. The highest BCUT2D eigenvalue weighted by molar-refractivity contribution is 6.11. The minimum Gasteiger partial charge on any atom is -0.384 e. The topological polar surface area (TPSA) is 103 Å². The van der Waals surface area contributed by atoms with Crippen molar-refractivity contribution in [2.45, 2.75) is 27.2 Å². The second kappa shape index (κ2) is 8.18. The van der Waals surface area contributed by atoms with E-state index in [0.29, 0.717) is 51.5 Å². The van der Waals surface area contributed by atoms with Crippen LogP contribution in [0.3, 0.4) is 0 Å². The van der Waals surface area contributed by atoms with Crippen LogP contribution in [-0.4, -0.2) is 32.8 Å². The van der Waals surface area contributed by atoms with Gasteiger partial charge in [-0.2, -0.15) is 0 Å². The van der Waals surface area contributed by atoms with Crippen LogP contribution in [0.2, 0.25) is 0 Å². The van der Waals surface area contributed by atoms with Gasteiger partial charge in [-0.1, -0.05) is 38.1 Å².